The van der Waals surface area contributed by atoms with E-state index in [1.165, 1.54) is 22.9 Å². The van der Waals surface area contributed by atoms with Gasteiger partial charge in [-0.2, -0.15) is 8.62 Å². The fourth-order valence-electron chi connectivity index (χ4n) is 10.2. The number of carboxylic acids is 1. The minimum absolute atomic E-state index is 0.0174. The van der Waals surface area contributed by atoms with E-state index < -0.39 is 93.6 Å². The van der Waals surface area contributed by atoms with Crippen molar-refractivity contribution in [3.05, 3.63) is 87.3 Å². The van der Waals surface area contributed by atoms with Crippen LogP contribution in [0.15, 0.2) is 63.5 Å². The first kappa shape index (κ1) is 82.9. The number of nitrogens with one attached hydrogen (secondary N) is 2. The van der Waals surface area contributed by atoms with Crippen LogP contribution in [0.1, 0.15) is 130 Å². The maximum Gasteiger partial charge on any atom is 0.490 e. The fraction of sp³-hybridized carbons (Fsp3) is 0.547. The van der Waals surface area contributed by atoms with Crippen molar-refractivity contribution in [3.8, 4) is 34.3 Å². The highest BCUT2D eigenvalue weighted by Gasteiger charge is 2.46. The molecule has 0 saturated carbocycles. The lowest BCUT2D eigenvalue weighted by Crippen LogP contribution is -2.44. The van der Waals surface area contributed by atoms with E-state index >= 15 is 0 Å². The smallest absolute Gasteiger partial charge is 0.478 e. The molecule has 4 unspecified atom stereocenters. The van der Waals surface area contributed by atoms with Gasteiger partial charge in [0.25, 0.3) is 5.91 Å². The van der Waals surface area contributed by atoms with E-state index in [4.69, 9.17) is 63.1 Å². The standard InChI is InChI=1S/C64H86N3O25P3S4/c1-8-16-43-35-53-48(31-41(43)4)59(49-32-42(5)51(65-9-2)36-54(49)89-53)47-33-44(20-21-46(47)62(72)73)52(68)18-15-25-82-29-30-83-28-23-66-63(74)86-27-22-64(6,7)98-97-39-84-24-13-14-26-85-58(69)19-12-11-17-45-34-50(61(71)67-60(45)70)55-37-56(87-40-99(96)10-3)57(90-55)38-88-94(78,79)92-95(80,81)91-93(75,76)77/h20-21,31-36,50,55-57H,8-10,12-16,18-19,22-30,37-40H2,1-7H3,(H,66,74)(H,72,73)(H,78,79)(H,80,81)(H,67,70,71)(H2,75,76,77)/t50?,55-,56+,57-,99?/m1/s1. The van der Waals surface area contributed by atoms with Crippen LogP contribution in [0.3, 0.4) is 0 Å². The van der Waals surface area contributed by atoms with Crippen molar-refractivity contribution in [3.63, 3.8) is 0 Å². The van der Waals surface area contributed by atoms with Gasteiger partial charge in [0, 0.05) is 78.5 Å². The summed E-state index contributed by atoms with van der Waals surface area (Å²) in [5, 5.41) is 16.9. The molecule has 1 saturated heterocycles. The molecule has 3 aliphatic heterocycles. The molecule has 0 spiro atoms. The Labute approximate surface area is 589 Å². The Hall–Kier alpha value is -5.07. The number of rotatable bonds is 42. The highest BCUT2D eigenvalue weighted by molar-refractivity contribution is 8.77. The van der Waals surface area contributed by atoms with Crippen molar-refractivity contribution in [1.82, 2.24) is 10.6 Å². The number of ether oxygens (including phenoxy) is 7. The van der Waals surface area contributed by atoms with E-state index in [0.717, 1.165) is 45.8 Å². The number of Topliss-reactive ketones (excluding diaryl/α,β-unsaturated/α-hetero) is 1. The fourth-order valence-corrected chi connectivity index (χ4v) is 16.1. The third kappa shape index (κ3) is 27.6. The van der Waals surface area contributed by atoms with Crippen LogP contribution in [-0.2, 0) is 101 Å². The van der Waals surface area contributed by atoms with Crippen molar-refractivity contribution >= 4 is 112 Å². The normalized spacial score (nSPS) is 18.3. The minimum Gasteiger partial charge on any atom is -0.478 e. The van der Waals surface area contributed by atoms with Crippen molar-refractivity contribution in [2.45, 2.75) is 136 Å². The minimum atomic E-state index is -5.80. The van der Waals surface area contributed by atoms with E-state index in [9.17, 15) is 57.4 Å². The SMILES string of the molecule is CCCc1cc2oc3cc(=NCC)c(C)cc-3c(-c3cc(C(=O)CCCOCCOCCNC(=O)OCCC(C)(C)SSCOCCCCOC(=O)CCC#CC4=CC([C@H]5C[C@H](OCS(=S)CC)[C@@H](COP(=O)(O)OP(=O)(O)OP(=O)(O)O)O5)C(=O)NC4=O)ccc3C(=O)O)c2cc1C. The number of ketones is 1. The van der Waals surface area contributed by atoms with E-state index in [2.05, 4.69) is 43.0 Å². The Balaban J connectivity index is 0.798. The summed E-state index contributed by atoms with van der Waals surface area (Å²) in [5.41, 5.74) is 5.93. The Morgan fingerprint density at radius 2 is 1.60 bits per heavy atom. The van der Waals surface area contributed by atoms with Gasteiger partial charge >= 0.3 is 41.5 Å². The molecule has 4 aliphatic rings. The summed E-state index contributed by atoms with van der Waals surface area (Å²) < 4.78 is 93.4. The lowest BCUT2D eigenvalue weighted by Gasteiger charge is -2.24. The Kier molecular flexibility index (Phi) is 33.6. The summed E-state index contributed by atoms with van der Waals surface area (Å²) in [5.74, 6) is 2.52. The predicted octanol–water partition coefficient (Wildman–Crippen LogP) is 9.89. The zero-order chi connectivity index (χ0) is 72.5. The molecule has 0 bridgehead atoms. The monoisotopic (exact) mass is 1520 g/mol. The van der Waals surface area contributed by atoms with Gasteiger partial charge in [0.2, 0.25) is 5.91 Å². The zero-order valence-corrected chi connectivity index (χ0v) is 62.0. The molecular weight excluding hydrogens is 1430 g/mol. The first-order valence-electron chi connectivity index (χ1n) is 31.9. The second kappa shape index (κ2) is 40.1. The number of esters is 1. The molecule has 7 atom stereocenters. The van der Waals surface area contributed by atoms with E-state index in [-0.39, 0.29) is 92.9 Å². The Morgan fingerprint density at radius 3 is 2.31 bits per heavy atom. The number of benzene rings is 3. The van der Waals surface area contributed by atoms with E-state index in [1.807, 2.05) is 65.8 Å². The lowest BCUT2D eigenvalue weighted by molar-refractivity contribution is -0.143. The third-order valence-electron chi connectivity index (χ3n) is 15.1. The van der Waals surface area contributed by atoms with E-state index in [1.54, 1.807) is 22.9 Å². The van der Waals surface area contributed by atoms with Crippen LogP contribution in [0.2, 0.25) is 0 Å². The second-order valence-corrected chi connectivity index (χ2v) is 33.7. The van der Waals surface area contributed by atoms with Crippen LogP contribution in [0.4, 0.5) is 4.79 Å². The van der Waals surface area contributed by atoms with Crippen LogP contribution in [0, 0.1) is 31.6 Å². The number of carbonyl (C=O) groups excluding carboxylic acids is 5. The van der Waals surface area contributed by atoms with Gasteiger partial charge in [-0.1, -0.05) is 69.2 Å². The number of amides is 3. The van der Waals surface area contributed by atoms with Gasteiger partial charge in [0.1, 0.15) is 23.4 Å². The lowest BCUT2D eigenvalue weighted by atomic mass is 9.87. The number of aryl methyl sites for hydroxylation is 3. The van der Waals surface area contributed by atoms with Crippen molar-refractivity contribution in [2.75, 3.05) is 83.6 Å². The number of unbranched alkanes of at least 4 members (excludes halogenated alkanes) is 1. The average Bonchev–Trinajstić information content (AvgIpc) is 1.22. The molecule has 99 heavy (non-hydrogen) atoms. The highest BCUT2D eigenvalue weighted by Crippen LogP contribution is 2.66. The highest BCUT2D eigenvalue weighted by atomic mass is 33.1. The molecular formula is C64H86N3O25P3S4. The number of nitrogens with zero attached hydrogens (tertiary/aromatic N) is 1. The first-order chi connectivity index (χ1) is 46.9. The molecule has 0 aromatic heterocycles. The molecule has 1 aliphatic carbocycles. The molecule has 546 valence electrons. The summed E-state index contributed by atoms with van der Waals surface area (Å²) in [6.07, 6.45) is 1.61. The molecule has 6 rings (SSSR count). The molecule has 0 radical (unpaired) electrons. The molecule has 1 fully saturated rings. The number of fused-ring (bicyclic) bond motifs is 2. The number of phosphoric acid groups is 3. The molecule has 2 aromatic carbocycles. The third-order valence-corrected chi connectivity index (χ3v) is 23.9. The number of hydrogen-bond donors (Lipinski definition) is 7. The molecule has 35 heteroatoms. The van der Waals surface area contributed by atoms with Gasteiger partial charge in [-0.25, -0.2) is 23.3 Å². The predicted molar refractivity (Wildman–Crippen MR) is 374 cm³/mol. The summed E-state index contributed by atoms with van der Waals surface area (Å²) in [6, 6.07) is 12.7. The summed E-state index contributed by atoms with van der Waals surface area (Å²) in [7, 11) is -14.5. The maximum atomic E-state index is 13.7. The van der Waals surface area contributed by atoms with Crippen molar-refractivity contribution in [1.29, 1.82) is 0 Å². The number of phosphoric ester groups is 1. The number of aromatic carboxylic acids is 1. The van der Waals surface area contributed by atoms with Crippen LogP contribution < -0.4 is 16.0 Å². The molecule has 3 amide bonds. The first-order valence-corrected chi connectivity index (χ1v) is 41.2. The van der Waals surface area contributed by atoms with Gasteiger partial charge in [-0.15, -0.1) is 0 Å². The topological polar surface area (TPSA) is 397 Å². The van der Waals surface area contributed by atoms with Gasteiger partial charge < -0.3 is 67.6 Å². The number of alkyl carbamates (subject to hydrolysis) is 1. The maximum absolute atomic E-state index is 13.7. The number of carbonyl (C=O) groups is 6. The second-order valence-electron chi connectivity index (χ2n) is 23.3. The number of carboxylic acid groups (broad SMARTS) is 1. The van der Waals surface area contributed by atoms with Crippen LogP contribution in [0.5, 0.6) is 0 Å². The number of imide groups is 1. The largest absolute Gasteiger partial charge is 0.490 e. The average molecular weight is 1520 g/mol. The zero-order valence-electron chi connectivity index (χ0n) is 56.0. The quantitative estimate of drug-likeness (QED) is 0.00249. The summed E-state index contributed by atoms with van der Waals surface area (Å²) >= 11 is 5.33. The molecule has 28 nitrogen and oxygen atoms in total. The van der Waals surface area contributed by atoms with Crippen LogP contribution >= 0.6 is 45.1 Å². The Bertz CT molecular complexity index is 3810. The van der Waals surface area contributed by atoms with Gasteiger partial charge in [-0.05, 0) is 142 Å². The van der Waals surface area contributed by atoms with Gasteiger partial charge in [0.15, 0.2) is 5.78 Å². The van der Waals surface area contributed by atoms with Crippen LogP contribution in [-0.4, -0.2) is 167 Å². The van der Waals surface area contributed by atoms with Gasteiger partial charge in [0.05, 0.1) is 86.6 Å². The summed E-state index contributed by atoms with van der Waals surface area (Å²) in [6.45, 7) is 15.8. The van der Waals surface area contributed by atoms with E-state index in [0.29, 0.717) is 85.2 Å². The van der Waals surface area contributed by atoms with Crippen molar-refractivity contribution < 1.29 is 118 Å². The van der Waals surface area contributed by atoms with Crippen LogP contribution in [0.25, 0.3) is 33.4 Å². The molecule has 3 heterocycles. The Morgan fingerprint density at radius 1 is 0.859 bits per heavy atom. The van der Waals surface area contributed by atoms with Crippen molar-refractivity contribution in [2.24, 2.45) is 10.9 Å². The summed E-state index contributed by atoms with van der Waals surface area (Å²) in [4.78, 5) is 119. The molecule has 7 N–H and O–H groups in total. The number of hydrogen-bond acceptors (Lipinski definition) is 24. The molecule has 2 aromatic rings. The van der Waals surface area contributed by atoms with Gasteiger partial charge in [-0.3, -0.25) is 34.0 Å².